The fourth-order valence-corrected chi connectivity index (χ4v) is 4.21. The van der Waals surface area contributed by atoms with Crippen molar-refractivity contribution in [3.8, 4) is 11.3 Å². The van der Waals surface area contributed by atoms with E-state index in [1.54, 1.807) is 16.9 Å². The lowest BCUT2D eigenvalue weighted by Crippen LogP contribution is -2.39. The number of hydrogen-bond donors (Lipinski definition) is 3. The van der Waals surface area contributed by atoms with Crippen LogP contribution < -0.4 is 10.6 Å². The van der Waals surface area contributed by atoms with Crippen LogP contribution in [0.3, 0.4) is 0 Å². The Labute approximate surface area is 160 Å². The minimum absolute atomic E-state index is 0.298. The Morgan fingerprint density at radius 1 is 1.32 bits per heavy atom. The number of fused-ring (bicyclic) bond motifs is 2. The topological polar surface area (TPSA) is 92.1 Å². The number of piperidine rings is 1. The molecule has 2 aromatic heterocycles. The molecule has 0 radical (unpaired) electrons. The molecule has 1 unspecified atom stereocenters. The second-order valence-electron chi connectivity index (χ2n) is 7.49. The quantitative estimate of drug-likeness (QED) is 0.633. The number of carbonyl (C=O) groups is 1. The number of nitrogens with one attached hydrogen (secondary N) is 2. The summed E-state index contributed by atoms with van der Waals surface area (Å²) in [7, 11) is 0. The number of halogens is 1. The van der Waals surface area contributed by atoms with Gasteiger partial charge in [0.05, 0.1) is 11.6 Å². The second kappa shape index (κ2) is 6.08. The summed E-state index contributed by atoms with van der Waals surface area (Å²) in [5.41, 5.74) is 0.748. The minimum Gasteiger partial charge on any atom is -0.375 e. The third-order valence-electron chi connectivity index (χ3n) is 5.67. The van der Waals surface area contributed by atoms with Gasteiger partial charge < -0.3 is 15.7 Å². The number of amides is 1. The molecule has 0 bridgehead atoms. The number of benzene rings is 1. The highest BCUT2D eigenvalue weighted by Gasteiger charge is 2.44. The van der Waals surface area contributed by atoms with E-state index in [1.165, 1.54) is 6.92 Å². The van der Waals surface area contributed by atoms with Gasteiger partial charge in [-0.25, -0.2) is 9.37 Å². The van der Waals surface area contributed by atoms with Crippen LogP contribution in [0.4, 0.5) is 10.2 Å². The van der Waals surface area contributed by atoms with Crippen LogP contribution in [0.1, 0.15) is 24.9 Å². The molecule has 1 saturated heterocycles. The summed E-state index contributed by atoms with van der Waals surface area (Å²) >= 11 is 0. The van der Waals surface area contributed by atoms with Crippen LogP contribution >= 0.6 is 0 Å². The fraction of sp³-hybridized carbons (Fsp3) is 0.350. The highest BCUT2D eigenvalue weighted by molar-refractivity contribution is 6.07. The van der Waals surface area contributed by atoms with Gasteiger partial charge in [0, 0.05) is 29.3 Å². The first-order valence-corrected chi connectivity index (χ1v) is 9.34. The molecule has 0 aliphatic carbocycles. The molecule has 0 spiro atoms. The number of alkyl halides is 1. The van der Waals surface area contributed by atoms with Crippen molar-refractivity contribution in [1.82, 2.24) is 20.1 Å². The highest BCUT2D eigenvalue weighted by Crippen LogP contribution is 2.43. The molecular formula is C20H20FN5O2. The van der Waals surface area contributed by atoms with E-state index in [0.717, 1.165) is 17.4 Å². The number of aliphatic hydroxyl groups is 1. The Kier molecular flexibility index (Phi) is 3.75. The second-order valence-corrected chi connectivity index (χ2v) is 7.49. The number of carbonyl (C=O) groups excluding carboxylic acids is 1. The normalized spacial score (nSPS) is 27.0. The van der Waals surface area contributed by atoms with Gasteiger partial charge in [0.15, 0.2) is 5.60 Å². The summed E-state index contributed by atoms with van der Waals surface area (Å²) in [5, 5.41) is 22.1. The van der Waals surface area contributed by atoms with Crippen molar-refractivity contribution in [2.24, 2.45) is 0 Å². The van der Waals surface area contributed by atoms with Crippen LogP contribution in [0, 0.1) is 0 Å². The zero-order valence-electron chi connectivity index (χ0n) is 15.3. The van der Waals surface area contributed by atoms with Crippen LogP contribution in [0.15, 0.2) is 36.5 Å². The molecule has 2 aliphatic rings. The lowest BCUT2D eigenvalue weighted by atomic mass is 9.92. The van der Waals surface area contributed by atoms with Crippen molar-refractivity contribution >= 4 is 22.6 Å². The molecule has 2 aliphatic heterocycles. The van der Waals surface area contributed by atoms with E-state index < -0.39 is 17.7 Å². The standard InChI is InChI=1S/C20H20FN5O2/c1-20(28)16-12(6-9-23-18(16)24-19(20)27)17-11-4-2-3-5-14(11)26(25-17)15-7-8-22-10-13(15)21/h2-6,9,13,15,22,28H,7-8,10H2,1H3,(H,23,24,27)/t13-,15+,20?/m0/s1. The van der Waals surface area contributed by atoms with E-state index in [9.17, 15) is 14.3 Å². The van der Waals surface area contributed by atoms with Crippen molar-refractivity contribution in [2.45, 2.75) is 31.2 Å². The number of rotatable bonds is 2. The van der Waals surface area contributed by atoms with E-state index in [2.05, 4.69) is 15.6 Å². The van der Waals surface area contributed by atoms with Crippen LogP contribution in [-0.2, 0) is 10.4 Å². The number of hydrogen-bond acceptors (Lipinski definition) is 5. The summed E-state index contributed by atoms with van der Waals surface area (Å²) in [4.78, 5) is 16.4. The maximum atomic E-state index is 14.6. The Balaban J connectivity index is 1.75. The number of para-hydroxylation sites is 1. The zero-order valence-corrected chi connectivity index (χ0v) is 15.3. The molecule has 28 heavy (non-hydrogen) atoms. The van der Waals surface area contributed by atoms with Crippen molar-refractivity contribution in [2.75, 3.05) is 18.4 Å². The van der Waals surface area contributed by atoms with Gasteiger partial charge in [-0.05, 0) is 32.0 Å². The summed E-state index contributed by atoms with van der Waals surface area (Å²) < 4.78 is 16.4. The van der Waals surface area contributed by atoms with E-state index in [1.807, 2.05) is 24.3 Å². The first kappa shape index (κ1) is 17.3. The predicted octanol–water partition coefficient (Wildman–Crippen LogP) is 2.13. The molecule has 1 fully saturated rings. The zero-order chi connectivity index (χ0) is 19.5. The monoisotopic (exact) mass is 381 g/mol. The first-order valence-electron chi connectivity index (χ1n) is 9.34. The van der Waals surface area contributed by atoms with Gasteiger partial charge >= 0.3 is 0 Å². The molecule has 144 valence electrons. The summed E-state index contributed by atoms with van der Waals surface area (Å²) in [6.07, 6.45) is 1.17. The maximum absolute atomic E-state index is 14.6. The number of aromatic nitrogens is 3. The molecule has 1 amide bonds. The molecular weight excluding hydrogens is 361 g/mol. The maximum Gasteiger partial charge on any atom is 0.262 e. The van der Waals surface area contributed by atoms with E-state index in [4.69, 9.17) is 5.10 Å². The average Bonchev–Trinajstić information content (AvgIpc) is 3.18. The Morgan fingerprint density at radius 3 is 2.96 bits per heavy atom. The summed E-state index contributed by atoms with van der Waals surface area (Å²) in [5.74, 6) is -0.190. The van der Waals surface area contributed by atoms with Gasteiger partial charge in [-0.2, -0.15) is 5.10 Å². The Morgan fingerprint density at radius 2 is 2.14 bits per heavy atom. The molecule has 1 aromatic carbocycles. The largest absolute Gasteiger partial charge is 0.375 e. The van der Waals surface area contributed by atoms with Gasteiger partial charge in [0.25, 0.3) is 5.91 Å². The van der Waals surface area contributed by atoms with Crippen LogP contribution in [-0.4, -0.2) is 45.0 Å². The number of nitrogens with zero attached hydrogens (tertiary/aromatic N) is 3. The highest BCUT2D eigenvalue weighted by atomic mass is 19.1. The summed E-state index contributed by atoms with van der Waals surface area (Å²) in [6.45, 7) is 2.47. The number of pyridine rings is 1. The van der Waals surface area contributed by atoms with E-state index in [0.29, 0.717) is 35.6 Å². The van der Waals surface area contributed by atoms with Gasteiger partial charge in [-0.3, -0.25) is 9.48 Å². The molecule has 0 saturated carbocycles. The minimum atomic E-state index is -1.71. The van der Waals surface area contributed by atoms with Crippen LogP contribution in [0.2, 0.25) is 0 Å². The molecule has 7 nitrogen and oxygen atoms in total. The lowest BCUT2D eigenvalue weighted by molar-refractivity contribution is -0.131. The van der Waals surface area contributed by atoms with Crippen molar-refractivity contribution in [3.05, 3.63) is 42.1 Å². The Bertz CT molecular complexity index is 1090. The van der Waals surface area contributed by atoms with E-state index in [-0.39, 0.29) is 6.04 Å². The van der Waals surface area contributed by atoms with Gasteiger partial charge in [-0.15, -0.1) is 0 Å². The van der Waals surface area contributed by atoms with Gasteiger partial charge in [0.2, 0.25) is 0 Å². The van der Waals surface area contributed by atoms with Crippen molar-refractivity contribution in [3.63, 3.8) is 0 Å². The van der Waals surface area contributed by atoms with Gasteiger partial charge in [-0.1, -0.05) is 18.2 Å². The third kappa shape index (κ3) is 2.38. The predicted molar refractivity (Wildman–Crippen MR) is 103 cm³/mol. The molecule has 3 N–H and O–H groups in total. The first-order chi connectivity index (χ1) is 13.5. The Hall–Kier alpha value is -2.84. The fourth-order valence-electron chi connectivity index (χ4n) is 4.21. The average molecular weight is 381 g/mol. The smallest absolute Gasteiger partial charge is 0.262 e. The molecule has 8 heteroatoms. The lowest BCUT2D eigenvalue weighted by Gasteiger charge is -2.27. The van der Waals surface area contributed by atoms with Gasteiger partial charge in [0.1, 0.15) is 17.7 Å². The van der Waals surface area contributed by atoms with Crippen molar-refractivity contribution in [1.29, 1.82) is 0 Å². The summed E-state index contributed by atoms with van der Waals surface area (Å²) in [6, 6.07) is 9.02. The molecule has 3 aromatic rings. The third-order valence-corrected chi connectivity index (χ3v) is 5.67. The number of anilines is 1. The SMILES string of the molecule is CC1(O)C(=O)Nc2nccc(-c3nn([C@@H]4CCNC[C@@H]4F)c4ccccc34)c21. The van der Waals surface area contributed by atoms with Crippen LogP contribution in [0.5, 0.6) is 0 Å². The van der Waals surface area contributed by atoms with Crippen LogP contribution in [0.25, 0.3) is 22.2 Å². The van der Waals surface area contributed by atoms with E-state index >= 15 is 0 Å². The molecule has 4 heterocycles. The molecule has 5 rings (SSSR count). The molecule has 3 atom stereocenters. The van der Waals surface area contributed by atoms with Crippen molar-refractivity contribution < 1.29 is 14.3 Å².